The van der Waals surface area contributed by atoms with Crippen LogP contribution in [0.1, 0.15) is 74.6 Å². The lowest BCUT2D eigenvalue weighted by Crippen LogP contribution is -2.63. The lowest BCUT2D eigenvalue weighted by atomic mass is 10.0. The van der Waals surface area contributed by atoms with Crippen LogP contribution in [0.25, 0.3) is 0 Å². The number of nitrogens with zero attached hydrogens (tertiary/aromatic N) is 1. The molecule has 1 aliphatic heterocycles. The first-order valence-corrected chi connectivity index (χ1v) is 24.4. The first-order chi connectivity index (χ1) is 35.5. The molecule has 1 aliphatic rings. The van der Waals surface area contributed by atoms with E-state index in [9.17, 15) is 96.9 Å². The number of nitrogens with two attached hydrogens (primary N) is 4. The summed E-state index contributed by atoms with van der Waals surface area (Å²) in [6, 6.07) is -9.87. The van der Waals surface area contributed by atoms with Crippen LogP contribution >= 0.6 is 0 Å². The molecule has 76 heavy (non-hydrogen) atoms. The number of rotatable bonds is 25. The van der Waals surface area contributed by atoms with Crippen molar-refractivity contribution >= 4 is 81.2 Å². The third-order valence-corrected chi connectivity index (χ3v) is 11.9. The van der Waals surface area contributed by atoms with Crippen molar-refractivity contribution < 1.29 is 101 Å². The molecule has 0 bridgehead atoms. The predicted molar refractivity (Wildman–Crippen MR) is 255 cm³/mol. The second-order valence-corrected chi connectivity index (χ2v) is 18.3. The van der Waals surface area contributed by atoms with Gasteiger partial charge in [0, 0.05) is 25.7 Å². The number of aliphatic imine (C=N–C) groups is 1. The highest BCUT2D eigenvalue weighted by molar-refractivity contribution is 7.86. The summed E-state index contributed by atoms with van der Waals surface area (Å²) in [7, 11) is -4.93. The van der Waals surface area contributed by atoms with Crippen molar-refractivity contribution in [3.63, 3.8) is 0 Å². The first-order valence-electron chi connectivity index (χ1n) is 22.9. The summed E-state index contributed by atoms with van der Waals surface area (Å²) in [4.78, 5) is 144. The number of aromatic hydroxyl groups is 2. The number of amides is 9. The summed E-state index contributed by atoms with van der Waals surface area (Å²) in [6.07, 6.45) is -9.19. The van der Waals surface area contributed by atoms with Gasteiger partial charge in [0.1, 0.15) is 35.1 Å². The molecule has 24 N–H and O–H groups in total. The normalized spacial score (nSPS) is 19.2. The first kappa shape index (κ1) is 64.1. The Morgan fingerprint density at radius 1 is 0.803 bits per heavy atom. The lowest BCUT2D eigenvalue weighted by Gasteiger charge is -2.28. The number of aliphatic carboxylic acids is 2. The zero-order valence-electron chi connectivity index (χ0n) is 40.3. The molecule has 1 aromatic rings. The molecule has 0 saturated carbocycles. The number of nitrogens with one attached hydrogen (secondary N) is 8. The van der Waals surface area contributed by atoms with Crippen molar-refractivity contribution in [2.75, 3.05) is 26.2 Å². The van der Waals surface area contributed by atoms with E-state index in [1.54, 1.807) is 0 Å². The Morgan fingerprint density at radius 2 is 1.47 bits per heavy atom. The molecule has 34 nitrogen and oxygen atoms in total. The van der Waals surface area contributed by atoms with Crippen LogP contribution in [0, 0.1) is 0 Å². The average molecular weight is 1110 g/mol. The van der Waals surface area contributed by atoms with Gasteiger partial charge in [-0.25, -0.2) is 9.59 Å². The Morgan fingerprint density at radius 3 is 2.08 bits per heavy atom. The van der Waals surface area contributed by atoms with Crippen LogP contribution in [0.15, 0.2) is 22.0 Å². The fourth-order valence-corrected chi connectivity index (χ4v) is 7.52. The minimum Gasteiger partial charge on any atom is -0.504 e. The molecule has 35 heteroatoms. The molecule has 9 amide bonds. The van der Waals surface area contributed by atoms with Crippen molar-refractivity contribution in [2.45, 2.75) is 124 Å². The Hall–Kier alpha value is -7.99. The lowest BCUT2D eigenvalue weighted by molar-refractivity contribution is -0.153. The summed E-state index contributed by atoms with van der Waals surface area (Å²) in [5.41, 5.74) is 21.5. The van der Waals surface area contributed by atoms with E-state index in [2.05, 4.69) is 36.9 Å². The number of carboxylic acids is 2. The average Bonchev–Trinajstić information content (AvgIpc) is 3.32. The fraction of sp³-hybridized carbons (Fsp3) is 0.561. The maximum Gasteiger partial charge on any atom is 0.335 e. The summed E-state index contributed by atoms with van der Waals surface area (Å²) >= 11 is 0. The molecule has 0 radical (unpaired) electrons. The van der Waals surface area contributed by atoms with E-state index in [1.807, 2.05) is 10.6 Å². The minimum atomic E-state index is -4.93. The van der Waals surface area contributed by atoms with Gasteiger partial charge in [-0.15, -0.1) is 0 Å². The van der Waals surface area contributed by atoms with Crippen LogP contribution in [0.4, 0.5) is 0 Å². The second kappa shape index (κ2) is 30.4. The van der Waals surface area contributed by atoms with Crippen LogP contribution < -0.4 is 65.5 Å². The van der Waals surface area contributed by atoms with Gasteiger partial charge in [0.05, 0.1) is 31.1 Å². The van der Waals surface area contributed by atoms with Gasteiger partial charge in [-0.2, -0.15) is 8.42 Å². The van der Waals surface area contributed by atoms with E-state index < -0.39 is 171 Å². The topological polar surface area (TPSA) is 596 Å². The second-order valence-electron chi connectivity index (χ2n) is 16.9. The number of carbonyl (C=O) groups is 11. The third-order valence-electron chi connectivity index (χ3n) is 11.0. The van der Waals surface area contributed by atoms with E-state index in [0.29, 0.717) is 6.07 Å². The van der Waals surface area contributed by atoms with E-state index in [-0.39, 0.29) is 77.0 Å². The molecule has 1 saturated heterocycles. The van der Waals surface area contributed by atoms with Gasteiger partial charge < -0.3 is 101 Å². The Balaban J connectivity index is 2.26. The number of carboxylic acid groups (broad SMARTS) is 2. The molecule has 1 aromatic carbocycles. The molecule has 4 unspecified atom stereocenters. The number of aliphatic hydroxyl groups excluding tert-OH is 3. The van der Waals surface area contributed by atoms with Gasteiger partial charge in [-0.05, 0) is 57.1 Å². The van der Waals surface area contributed by atoms with Crippen LogP contribution in [-0.2, 0) is 58.1 Å². The molecule has 0 spiro atoms. The maximum absolute atomic E-state index is 13.9. The molecule has 1 fully saturated rings. The monoisotopic (exact) mass is 1110 g/mol. The number of aliphatic hydroxyl groups is 3. The molecule has 1 heterocycles. The van der Waals surface area contributed by atoms with Crippen molar-refractivity contribution in [1.29, 1.82) is 0 Å². The molecular formula is C41H63N13O21S. The van der Waals surface area contributed by atoms with Gasteiger partial charge in [-0.3, -0.25) is 52.7 Å². The number of phenolic OH excluding ortho intramolecular Hbond substituents is 2. The number of primary amides is 1. The van der Waals surface area contributed by atoms with E-state index in [4.69, 9.17) is 27.5 Å². The number of hydrogen-bond donors (Lipinski definition) is 20. The Kier molecular flexibility index (Phi) is 25.6. The predicted octanol–water partition coefficient (Wildman–Crippen LogP) is -9.02. The smallest absolute Gasteiger partial charge is 0.335 e. The molecule has 9 atom stereocenters. The highest BCUT2D eigenvalue weighted by Gasteiger charge is 2.40. The van der Waals surface area contributed by atoms with Crippen molar-refractivity contribution in [3.8, 4) is 11.5 Å². The molecule has 2 rings (SSSR count). The SMILES string of the molecule is NC(=O)C[C@H](NC(=O)CC(O)C(N)CCCCNC(=O)c1ccc(S(=O)(=O)O)c(O)c1O)C(=O)N[C@H](C(=O)N[C@H]1CCCCNC(=O)CNC(=O)[C@H](C(O)C(=O)O)NC(=O)[C@H](CCCN=C(N)N)NC1=O)C(O)C(=O)O. The summed E-state index contributed by atoms with van der Waals surface area (Å²) in [5.74, 6) is -17.8. The van der Waals surface area contributed by atoms with Gasteiger partial charge >= 0.3 is 11.9 Å². The number of unbranched alkanes of at least 4 members (excludes halogenated alkanes) is 1. The largest absolute Gasteiger partial charge is 0.504 e. The highest BCUT2D eigenvalue weighted by atomic mass is 32.2. The zero-order valence-corrected chi connectivity index (χ0v) is 41.1. The molecular weight excluding hydrogens is 1040 g/mol. The summed E-state index contributed by atoms with van der Waals surface area (Å²) in [5, 5.41) is 88.0. The van der Waals surface area contributed by atoms with Crippen LogP contribution in [-0.4, -0.2) is 201 Å². The van der Waals surface area contributed by atoms with E-state index in [0.717, 1.165) is 6.07 Å². The number of carbonyl (C=O) groups excluding carboxylic acids is 9. The third kappa shape index (κ3) is 21.1. The van der Waals surface area contributed by atoms with Crippen molar-refractivity contribution in [3.05, 3.63) is 17.7 Å². The quantitative estimate of drug-likeness (QED) is 0.0142. The van der Waals surface area contributed by atoms with Crippen LogP contribution in [0.2, 0.25) is 0 Å². The number of benzene rings is 1. The van der Waals surface area contributed by atoms with Gasteiger partial charge in [0.15, 0.2) is 29.7 Å². The maximum atomic E-state index is 13.9. The van der Waals surface area contributed by atoms with E-state index in [1.165, 1.54) is 0 Å². The number of phenols is 2. The molecule has 0 aromatic heterocycles. The minimum absolute atomic E-state index is 0.00740. The molecule has 0 aliphatic carbocycles. The summed E-state index contributed by atoms with van der Waals surface area (Å²) in [6.45, 7) is -1.07. The zero-order chi connectivity index (χ0) is 57.6. The van der Waals surface area contributed by atoms with Crippen LogP contribution in [0.3, 0.4) is 0 Å². The number of hydrogen-bond acceptors (Lipinski definition) is 20. The van der Waals surface area contributed by atoms with Crippen LogP contribution in [0.5, 0.6) is 11.5 Å². The van der Waals surface area contributed by atoms with Crippen molar-refractivity contribution in [2.24, 2.45) is 27.9 Å². The Labute approximate surface area is 431 Å². The molecule has 424 valence electrons. The Bertz CT molecular complexity index is 2460. The standard InChI is InChI=1S/C41H63N13O21S/c42-18(6-1-3-12-47-33(63)17-9-10-23(76(73,74)75)30(60)29(17)59)22(55)15-25(57)50-21(14-24(43)56)36(66)54-28(32(62)40(71)72)38(68)52-19-7-2-4-11-46-26(58)16-49-37(67)27(31(61)39(69)70)53-35(65)20(51-34(19)64)8-5-13-48-41(44)45/h9-10,18-22,27-28,31-32,55,59-62H,1-8,11-16,42H2,(H2,43,56)(H,46,58)(H,47,63)(H,49,67)(H,50,57)(H,51,64)(H,52,68)(H,53,65)(H,54,66)(H,69,70)(H,71,72)(H4,44,45,48)(H,73,74,75)/t18?,19-,20-,21-,22?,27-,28-,31?,32?/m0/s1. The van der Waals surface area contributed by atoms with Gasteiger partial charge in [0.25, 0.3) is 16.0 Å². The van der Waals surface area contributed by atoms with E-state index >= 15 is 0 Å². The number of guanidine groups is 1. The van der Waals surface area contributed by atoms with Gasteiger partial charge in [0.2, 0.25) is 47.3 Å². The van der Waals surface area contributed by atoms with Gasteiger partial charge in [-0.1, -0.05) is 6.42 Å². The highest BCUT2D eigenvalue weighted by Crippen LogP contribution is 2.35. The summed E-state index contributed by atoms with van der Waals surface area (Å²) < 4.78 is 31.8. The fourth-order valence-electron chi connectivity index (χ4n) is 6.94. The van der Waals surface area contributed by atoms with Crippen molar-refractivity contribution in [1.82, 2.24) is 42.5 Å².